The molecule has 4 N–H and O–H groups in total. The van der Waals surface area contributed by atoms with Gasteiger partial charge in [-0.05, 0) is 36.4 Å². The van der Waals surface area contributed by atoms with E-state index in [1.807, 2.05) is 4.90 Å². The highest BCUT2D eigenvalue weighted by Gasteiger charge is 2.45. The Bertz CT molecular complexity index is 1960. The summed E-state index contributed by atoms with van der Waals surface area (Å²) in [6.07, 6.45) is 2.64. The van der Waals surface area contributed by atoms with E-state index in [4.69, 9.17) is 20.6 Å². The number of phenolic OH excluding ortho intramolecular Hbond substituents is 1. The number of methoxy groups -OCH3 is 1. The van der Waals surface area contributed by atoms with Crippen molar-refractivity contribution in [2.24, 2.45) is 0 Å². The molecule has 2 aromatic heterocycles. The van der Waals surface area contributed by atoms with Gasteiger partial charge < -0.3 is 39.5 Å². The number of piperazine rings is 1. The third-order valence-electron chi connectivity index (χ3n) is 9.19. The Morgan fingerprint density at radius 1 is 1.15 bits per heavy atom. The van der Waals surface area contributed by atoms with Gasteiger partial charge in [-0.3, -0.25) is 9.88 Å². The average Bonchev–Trinajstić information content (AvgIpc) is 3.34. The van der Waals surface area contributed by atoms with E-state index >= 15 is 4.39 Å². The van der Waals surface area contributed by atoms with Gasteiger partial charge in [0.1, 0.15) is 47.4 Å². The normalized spacial score (nSPS) is 25.4. The second-order valence-electron chi connectivity index (χ2n) is 12.1. The molecule has 2 aromatic carbocycles. The number of hydrogen-bond acceptors (Lipinski definition) is 12. The molecule has 1 amide bonds. The number of rotatable bonds is 5. The summed E-state index contributed by atoms with van der Waals surface area (Å²) in [5.74, 6) is 0.911. The van der Waals surface area contributed by atoms with Crippen LogP contribution in [0.1, 0.15) is 24.8 Å². The summed E-state index contributed by atoms with van der Waals surface area (Å²) in [6, 6.07) is 4.56. The van der Waals surface area contributed by atoms with Crippen molar-refractivity contribution in [3.8, 4) is 35.4 Å². The summed E-state index contributed by atoms with van der Waals surface area (Å²) in [4.78, 5) is 29.9. The lowest BCUT2D eigenvalue weighted by Crippen LogP contribution is -2.57. The number of carbonyl (C=O) groups is 1. The molecule has 3 unspecified atom stereocenters. The van der Waals surface area contributed by atoms with Gasteiger partial charge in [-0.15, -0.1) is 6.42 Å². The molecule has 13 nitrogen and oxygen atoms in total. The molecule has 2 bridgehead atoms. The SMILES string of the molecule is C#Cc1c(F)ccc2cc(O)cc(-c3ncc4c(N5CC6CCC(C5)N6C(=O)OC[C@H]5OC(O)C[C@@H](O)[C@H]5O)nc(OC)nc4c3F)c12. The summed E-state index contributed by atoms with van der Waals surface area (Å²) in [5, 5.41) is 41.2. The number of anilines is 1. The Hall–Kier alpha value is -4.88. The van der Waals surface area contributed by atoms with E-state index in [1.165, 1.54) is 37.6 Å². The number of phenols is 1. The van der Waals surface area contributed by atoms with Crippen molar-refractivity contribution in [2.45, 2.75) is 55.9 Å². The van der Waals surface area contributed by atoms with Crippen molar-refractivity contribution >= 4 is 33.6 Å². The van der Waals surface area contributed by atoms with Crippen LogP contribution in [0, 0.1) is 24.0 Å². The maximum atomic E-state index is 16.5. The first kappa shape index (κ1) is 31.7. The first-order valence-electron chi connectivity index (χ1n) is 15.3. The van der Waals surface area contributed by atoms with E-state index in [0.717, 1.165) is 0 Å². The van der Waals surface area contributed by atoms with E-state index in [1.54, 1.807) is 4.90 Å². The summed E-state index contributed by atoms with van der Waals surface area (Å²) in [7, 11) is 1.35. The van der Waals surface area contributed by atoms with E-state index < -0.39 is 42.3 Å². The number of amides is 1. The van der Waals surface area contributed by atoms with Crippen molar-refractivity contribution in [3.05, 3.63) is 47.7 Å². The number of aromatic hydroxyl groups is 1. The third-order valence-corrected chi connectivity index (χ3v) is 9.19. The number of halogens is 2. The van der Waals surface area contributed by atoms with Gasteiger partial charge in [0.2, 0.25) is 0 Å². The molecule has 3 aliphatic heterocycles. The molecule has 6 atom stereocenters. The lowest BCUT2D eigenvalue weighted by atomic mass is 9.96. The van der Waals surface area contributed by atoms with Crippen LogP contribution in [0.15, 0.2) is 30.5 Å². The van der Waals surface area contributed by atoms with Crippen molar-refractivity contribution in [1.82, 2.24) is 19.9 Å². The van der Waals surface area contributed by atoms with E-state index in [0.29, 0.717) is 37.1 Å². The Morgan fingerprint density at radius 2 is 1.90 bits per heavy atom. The lowest BCUT2D eigenvalue weighted by molar-refractivity contribution is -0.239. The monoisotopic (exact) mass is 663 g/mol. The smallest absolute Gasteiger partial charge is 0.410 e. The molecule has 3 aliphatic rings. The van der Waals surface area contributed by atoms with Gasteiger partial charge in [-0.1, -0.05) is 12.0 Å². The van der Waals surface area contributed by atoms with Crippen molar-refractivity contribution in [1.29, 1.82) is 0 Å². The molecule has 250 valence electrons. The van der Waals surface area contributed by atoms with Crippen molar-refractivity contribution in [2.75, 3.05) is 31.7 Å². The average molecular weight is 664 g/mol. The fraction of sp³-hybridized carbons (Fsp3) is 0.394. The predicted octanol–water partition coefficient (Wildman–Crippen LogP) is 2.44. The minimum atomic E-state index is -1.32. The van der Waals surface area contributed by atoms with Gasteiger partial charge in [0, 0.05) is 36.7 Å². The number of fused-ring (bicyclic) bond motifs is 4. The highest BCUT2D eigenvalue weighted by molar-refractivity contribution is 6.03. The summed E-state index contributed by atoms with van der Waals surface area (Å²) in [6.45, 7) is 0.261. The molecule has 15 heteroatoms. The van der Waals surface area contributed by atoms with Crippen LogP contribution in [0.5, 0.6) is 11.8 Å². The standard InChI is InChI=1S/C33H31F2N5O8/c1-3-19-22(34)7-4-15-8-18(41)9-20(26(15)19)28-27(35)29-21(11-36-28)31(38-32(37-29)46-2)39-12-16-5-6-17(13-39)40(16)33(45)47-14-24-30(44)23(42)10-25(43)48-24/h1,4,7-9,11,16-17,23-25,30,41-44H,5-6,10,12-14H2,2H3/t16?,17?,23-,24-,25?,30-/m1/s1. The lowest BCUT2D eigenvalue weighted by Gasteiger charge is -2.41. The zero-order valence-corrected chi connectivity index (χ0v) is 25.6. The molecule has 0 radical (unpaired) electrons. The van der Waals surface area contributed by atoms with Crippen LogP contribution < -0.4 is 9.64 Å². The molecule has 4 aromatic rings. The van der Waals surface area contributed by atoms with Gasteiger partial charge in [-0.25, -0.2) is 13.6 Å². The molecule has 0 spiro atoms. The molecule has 0 aliphatic carbocycles. The van der Waals surface area contributed by atoms with Gasteiger partial charge in [0.05, 0.1) is 36.2 Å². The Morgan fingerprint density at radius 3 is 2.60 bits per heavy atom. The first-order chi connectivity index (χ1) is 23.1. The number of aliphatic hydroxyl groups excluding tert-OH is 3. The fourth-order valence-corrected chi connectivity index (χ4v) is 6.97. The van der Waals surface area contributed by atoms with Gasteiger partial charge in [-0.2, -0.15) is 9.97 Å². The van der Waals surface area contributed by atoms with Crippen molar-refractivity contribution < 1.29 is 48.2 Å². The van der Waals surface area contributed by atoms with E-state index in [2.05, 4.69) is 20.9 Å². The minimum Gasteiger partial charge on any atom is -0.508 e. The summed E-state index contributed by atoms with van der Waals surface area (Å²) >= 11 is 0. The largest absolute Gasteiger partial charge is 0.508 e. The number of aromatic nitrogens is 3. The molecule has 0 saturated carbocycles. The Kier molecular flexibility index (Phi) is 8.12. The number of hydrogen-bond donors (Lipinski definition) is 4. The number of ether oxygens (including phenoxy) is 3. The molecule has 3 saturated heterocycles. The minimum absolute atomic E-state index is 0.0799. The topological polar surface area (TPSA) is 171 Å². The number of carbonyl (C=O) groups excluding carboxylic acids is 1. The maximum absolute atomic E-state index is 16.5. The Labute approximate surface area is 272 Å². The molecule has 3 fully saturated rings. The van der Waals surface area contributed by atoms with Crippen LogP contribution in [0.2, 0.25) is 0 Å². The quantitative estimate of drug-likeness (QED) is 0.230. The fourth-order valence-electron chi connectivity index (χ4n) is 6.97. The molecule has 5 heterocycles. The van der Waals surface area contributed by atoms with E-state index in [-0.39, 0.29) is 70.0 Å². The number of nitrogens with zero attached hydrogens (tertiary/aromatic N) is 5. The van der Waals surface area contributed by atoms with Crippen LogP contribution >= 0.6 is 0 Å². The van der Waals surface area contributed by atoms with Crippen LogP contribution in [0.25, 0.3) is 32.9 Å². The highest BCUT2D eigenvalue weighted by atomic mass is 19.1. The molecule has 48 heavy (non-hydrogen) atoms. The number of aliphatic hydroxyl groups is 3. The highest BCUT2D eigenvalue weighted by Crippen LogP contribution is 2.40. The van der Waals surface area contributed by atoms with Gasteiger partial charge in [0.15, 0.2) is 12.1 Å². The number of benzene rings is 2. The maximum Gasteiger partial charge on any atom is 0.410 e. The van der Waals surface area contributed by atoms with Crippen molar-refractivity contribution in [3.63, 3.8) is 0 Å². The molecular weight excluding hydrogens is 632 g/mol. The Balaban J connectivity index is 1.19. The van der Waals surface area contributed by atoms with E-state index in [9.17, 15) is 29.6 Å². The second-order valence-corrected chi connectivity index (χ2v) is 12.1. The molecular formula is C33H31F2N5O8. The van der Waals surface area contributed by atoms with Crippen LogP contribution in [-0.2, 0) is 9.47 Å². The van der Waals surface area contributed by atoms with Crippen LogP contribution in [-0.4, -0.2) is 110 Å². The predicted molar refractivity (Wildman–Crippen MR) is 166 cm³/mol. The van der Waals surface area contributed by atoms with Gasteiger partial charge in [0.25, 0.3) is 0 Å². The third kappa shape index (κ3) is 5.36. The number of pyridine rings is 1. The second kappa shape index (κ2) is 12.3. The summed E-state index contributed by atoms with van der Waals surface area (Å²) in [5.41, 5.74) is -0.357. The van der Waals surface area contributed by atoms with Crippen LogP contribution in [0.4, 0.5) is 19.4 Å². The zero-order valence-electron chi connectivity index (χ0n) is 25.6. The molecule has 7 rings (SSSR count). The first-order valence-corrected chi connectivity index (χ1v) is 15.3. The zero-order chi connectivity index (χ0) is 33.9. The van der Waals surface area contributed by atoms with Gasteiger partial charge >= 0.3 is 12.1 Å². The summed E-state index contributed by atoms with van der Waals surface area (Å²) < 4.78 is 47.2. The number of terminal acetylenes is 1. The van der Waals surface area contributed by atoms with Crippen LogP contribution in [0.3, 0.4) is 0 Å².